The molecule has 6 nitrogen and oxygen atoms in total. The predicted molar refractivity (Wildman–Crippen MR) is 99.8 cm³/mol. The quantitative estimate of drug-likeness (QED) is 0.857. The van der Waals surface area contributed by atoms with Gasteiger partial charge >= 0.3 is 10.2 Å². The average Bonchev–Trinajstić information content (AvgIpc) is 2.60. The van der Waals surface area contributed by atoms with Crippen molar-refractivity contribution in [2.75, 3.05) is 25.4 Å². The van der Waals surface area contributed by atoms with Crippen LogP contribution in [0.1, 0.15) is 21.5 Å². The molecule has 2 aromatic rings. The molecule has 0 radical (unpaired) electrons. The molecule has 7 heteroatoms. The summed E-state index contributed by atoms with van der Waals surface area (Å²) in [6.07, 6.45) is 0. The minimum Gasteiger partial charge on any atom is -0.348 e. The first-order chi connectivity index (χ1) is 11.7. The molecule has 0 bridgehead atoms. The first-order valence-corrected chi connectivity index (χ1v) is 9.22. The van der Waals surface area contributed by atoms with Crippen molar-refractivity contribution in [3.8, 4) is 0 Å². The molecular weight excluding hydrogens is 338 g/mol. The van der Waals surface area contributed by atoms with Crippen LogP contribution in [0, 0.1) is 6.92 Å². The van der Waals surface area contributed by atoms with Gasteiger partial charge in [-0.1, -0.05) is 24.3 Å². The number of rotatable bonds is 6. The molecule has 2 aromatic carbocycles. The standard InChI is InChI=1S/C18H23N3O3S/c1-14-7-5-6-8-16(14)13-19-18(22)15-9-11-17(12-10-15)21(4)25(23,24)20(2)3/h5-12H,13H2,1-4H3,(H,19,22). The van der Waals surface area contributed by atoms with E-state index < -0.39 is 10.2 Å². The zero-order valence-corrected chi connectivity index (χ0v) is 15.7. The zero-order valence-electron chi connectivity index (χ0n) is 14.9. The molecule has 0 atom stereocenters. The summed E-state index contributed by atoms with van der Waals surface area (Å²) in [6.45, 7) is 2.44. The fourth-order valence-electron chi connectivity index (χ4n) is 2.29. The first kappa shape index (κ1) is 19.0. The largest absolute Gasteiger partial charge is 0.348 e. The fraction of sp³-hybridized carbons (Fsp3) is 0.278. The lowest BCUT2D eigenvalue weighted by Gasteiger charge is -2.23. The molecule has 0 fully saturated rings. The van der Waals surface area contributed by atoms with E-state index in [1.807, 2.05) is 31.2 Å². The first-order valence-electron chi connectivity index (χ1n) is 7.82. The highest BCUT2D eigenvalue weighted by atomic mass is 32.2. The molecule has 0 aliphatic carbocycles. The summed E-state index contributed by atoms with van der Waals surface area (Å²) in [5.74, 6) is -0.201. The molecule has 25 heavy (non-hydrogen) atoms. The third-order valence-electron chi connectivity index (χ3n) is 4.00. The van der Waals surface area contributed by atoms with Gasteiger partial charge in [-0.3, -0.25) is 9.10 Å². The summed E-state index contributed by atoms with van der Waals surface area (Å²) >= 11 is 0. The fourth-order valence-corrected chi connectivity index (χ4v) is 3.16. The summed E-state index contributed by atoms with van der Waals surface area (Å²) in [5.41, 5.74) is 3.15. The third kappa shape index (κ3) is 4.37. The van der Waals surface area contributed by atoms with Crippen molar-refractivity contribution in [3.05, 3.63) is 65.2 Å². The average molecular weight is 361 g/mol. The summed E-state index contributed by atoms with van der Waals surface area (Å²) in [5, 5.41) is 2.87. The molecule has 0 saturated heterocycles. The van der Waals surface area contributed by atoms with E-state index in [1.165, 1.54) is 25.4 Å². The highest BCUT2D eigenvalue weighted by Gasteiger charge is 2.21. The smallest absolute Gasteiger partial charge is 0.303 e. The van der Waals surface area contributed by atoms with Crippen molar-refractivity contribution in [2.45, 2.75) is 13.5 Å². The number of nitrogens with one attached hydrogen (secondary N) is 1. The number of carbonyl (C=O) groups is 1. The van der Waals surface area contributed by atoms with E-state index in [0.717, 1.165) is 15.4 Å². The second-order valence-electron chi connectivity index (χ2n) is 5.91. The van der Waals surface area contributed by atoms with Crippen LogP contribution in [-0.4, -0.2) is 39.8 Å². The molecular formula is C18H23N3O3S. The van der Waals surface area contributed by atoms with E-state index in [0.29, 0.717) is 17.8 Å². The van der Waals surface area contributed by atoms with Gasteiger partial charge in [0.05, 0.1) is 5.69 Å². The van der Waals surface area contributed by atoms with E-state index in [1.54, 1.807) is 24.3 Å². The second-order valence-corrected chi connectivity index (χ2v) is 8.09. The minimum absolute atomic E-state index is 0.201. The van der Waals surface area contributed by atoms with Crippen molar-refractivity contribution in [1.82, 2.24) is 9.62 Å². The predicted octanol–water partition coefficient (Wildman–Crippen LogP) is 2.17. The topological polar surface area (TPSA) is 69.7 Å². The number of anilines is 1. The molecule has 0 spiro atoms. The Bertz CT molecular complexity index is 846. The van der Waals surface area contributed by atoms with Crippen LogP contribution in [0.4, 0.5) is 5.69 Å². The number of hydrogen-bond donors (Lipinski definition) is 1. The molecule has 0 aliphatic rings. The maximum Gasteiger partial charge on any atom is 0.303 e. The van der Waals surface area contributed by atoms with E-state index >= 15 is 0 Å². The van der Waals surface area contributed by atoms with Crippen LogP contribution in [-0.2, 0) is 16.8 Å². The third-order valence-corrected chi connectivity index (χ3v) is 5.83. The molecule has 0 saturated carbocycles. The summed E-state index contributed by atoms with van der Waals surface area (Å²) in [6, 6.07) is 14.3. The number of hydrogen-bond acceptors (Lipinski definition) is 3. The van der Waals surface area contributed by atoms with Gasteiger partial charge in [0.1, 0.15) is 0 Å². The molecule has 1 N–H and O–H groups in total. The van der Waals surface area contributed by atoms with Crippen molar-refractivity contribution < 1.29 is 13.2 Å². The molecule has 134 valence electrons. The molecule has 1 amide bonds. The van der Waals surface area contributed by atoms with Gasteiger partial charge in [0, 0.05) is 33.3 Å². The molecule has 0 aromatic heterocycles. The van der Waals surface area contributed by atoms with Gasteiger partial charge in [0.25, 0.3) is 5.91 Å². The lowest BCUT2D eigenvalue weighted by atomic mass is 10.1. The van der Waals surface area contributed by atoms with Gasteiger partial charge in [-0.05, 0) is 42.3 Å². The Balaban J connectivity index is 2.07. The maximum atomic E-state index is 12.3. The lowest BCUT2D eigenvalue weighted by molar-refractivity contribution is 0.0951. The van der Waals surface area contributed by atoms with Crippen LogP contribution >= 0.6 is 0 Å². The van der Waals surface area contributed by atoms with Crippen molar-refractivity contribution in [3.63, 3.8) is 0 Å². The Hall–Kier alpha value is -2.38. The Labute approximate surface area is 149 Å². The molecule has 0 heterocycles. The molecule has 0 aliphatic heterocycles. The van der Waals surface area contributed by atoms with Gasteiger partial charge in [-0.2, -0.15) is 12.7 Å². The molecule has 0 unspecified atom stereocenters. The van der Waals surface area contributed by atoms with Crippen molar-refractivity contribution in [2.24, 2.45) is 0 Å². The zero-order chi connectivity index (χ0) is 18.6. The van der Waals surface area contributed by atoms with Crippen LogP contribution in [0.3, 0.4) is 0 Å². The van der Waals surface area contributed by atoms with Gasteiger partial charge in [-0.15, -0.1) is 0 Å². The van der Waals surface area contributed by atoms with Crippen LogP contribution < -0.4 is 9.62 Å². The second kappa shape index (κ2) is 7.67. The van der Waals surface area contributed by atoms with Crippen LogP contribution in [0.2, 0.25) is 0 Å². The Morgan fingerprint density at radius 2 is 1.60 bits per heavy atom. The van der Waals surface area contributed by atoms with Gasteiger partial charge in [0.2, 0.25) is 0 Å². The van der Waals surface area contributed by atoms with Crippen LogP contribution in [0.25, 0.3) is 0 Å². The van der Waals surface area contributed by atoms with Gasteiger partial charge < -0.3 is 5.32 Å². The molecule has 2 rings (SSSR count). The maximum absolute atomic E-state index is 12.3. The Kier molecular flexibility index (Phi) is 5.81. The van der Waals surface area contributed by atoms with E-state index in [2.05, 4.69) is 5.32 Å². The van der Waals surface area contributed by atoms with Crippen molar-refractivity contribution in [1.29, 1.82) is 0 Å². The Morgan fingerprint density at radius 1 is 1.00 bits per heavy atom. The number of amides is 1. The monoisotopic (exact) mass is 361 g/mol. The van der Waals surface area contributed by atoms with E-state index in [4.69, 9.17) is 0 Å². The van der Waals surface area contributed by atoms with Crippen LogP contribution in [0.5, 0.6) is 0 Å². The Morgan fingerprint density at radius 3 is 2.16 bits per heavy atom. The number of nitrogens with zero attached hydrogens (tertiary/aromatic N) is 2. The van der Waals surface area contributed by atoms with Crippen LogP contribution in [0.15, 0.2) is 48.5 Å². The highest BCUT2D eigenvalue weighted by Crippen LogP contribution is 2.18. The number of carbonyl (C=O) groups excluding carboxylic acids is 1. The normalized spacial score (nSPS) is 11.4. The number of benzene rings is 2. The summed E-state index contributed by atoms with van der Waals surface area (Å²) in [7, 11) is 0.870. The minimum atomic E-state index is -3.55. The van der Waals surface area contributed by atoms with Gasteiger partial charge in [-0.25, -0.2) is 0 Å². The highest BCUT2D eigenvalue weighted by molar-refractivity contribution is 7.90. The van der Waals surface area contributed by atoms with Gasteiger partial charge in [0.15, 0.2) is 0 Å². The lowest BCUT2D eigenvalue weighted by Crippen LogP contribution is -2.37. The van der Waals surface area contributed by atoms with Crippen molar-refractivity contribution >= 4 is 21.8 Å². The van der Waals surface area contributed by atoms with E-state index in [-0.39, 0.29) is 5.91 Å². The summed E-state index contributed by atoms with van der Waals surface area (Å²) < 4.78 is 26.5. The SMILES string of the molecule is Cc1ccccc1CNC(=O)c1ccc(N(C)S(=O)(=O)N(C)C)cc1. The summed E-state index contributed by atoms with van der Waals surface area (Å²) in [4.78, 5) is 12.3. The number of aryl methyl sites for hydroxylation is 1. The van der Waals surface area contributed by atoms with E-state index in [9.17, 15) is 13.2 Å².